The molecule has 8 heteroatoms. The Labute approximate surface area is 166 Å². The summed E-state index contributed by atoms with van der Waals surface area (Å²) in [5.74, 6) is -0.826. The molecule has 1 aliphatic rings. The topological polar surface area (TPSA) is 85.2 Å². The number of carbonyl (C=O) groups is 2. The largest absolute Gasteiger partial charge is 0.378 e. The van der Waals surface area contributed by atoms with Crippen LogP contribution in [-0.2, 0) is 20.9 Å². The van der Waals surface area contributed by atoms with E-state index in [0.29, 0.717) is 11.5 Å². The minimum Gasteiger partial charge on any atom is -0.378 e. The molecule has 2 aromatic carbocycles. The number of fused-ring (bicyclic) bond motifs is 1. The molecule has 2 amide bonds. The number of aromatic nitrogens is 2. The van der Waals surface area contributed by atoms with Gasteiger partial charge in [-0.2, -0.15) is 5.10 Å². The third-order valence-electron chi connectivity index (χ3n) is 4.69. The molecule has 29 heavy (non-hydrogen) atoms. The van der Waals surface area contributed by atoms with Gasteiger partial charge in [0.15, 0.2) is 0 Å². The maximum Gasteiger partial charge on any atom is 0.251 e. The number of nitrogens with zero attached hydrogens (tertiary/aromatic N) is 2. The predicted octanol–water partition coefficient (Wildman–Crippen LogP) is 3.36. The number of halogens is 1. The van der Waals surface area contributed by atoms with Crippen molar-refractivity contribution < 1.29 is 18.7 Å². The van der Waals surface area contributed by atoms with Crippen molar-refractivity contribution in [1.29, 1.82) is 0 Å². The lowest BCUT2D eigenvalue weighted by Crippen LogP contribution is -2.24. The van der Waals surface area contributed by atoms with Crippen molar-refractivity contribution in [3.63, 3.8) is 0 Å². The molecule has 1 atom stereocenters. The fourth-order valence-corrected chi connectivity index (χ4v) is 3.40. The van der Waals surface area contributed by atoms with Crippen LogP contribution in [0.25, 0.3) is 11.1 Å². The number of rotatable bonds is 6. The fraction of sp³-hybridized carbons (Fsp3) is 0.190. The summed E-state index contributed by atoms with van der Waals surface area (Å²) in [6, 6.07) is 14.6. The number of methoxy groups -OCH3 is 1. The first-order valence-corrected chi connectivity index (χ1v) is 9.09. The Morgan fingerprint density at radius 1 is 1.21 bits per heavy atom. The van der Waals surface area contributed by atoms with Crippen molar-refractivity contribution in [3.05, 3.63) is 66.1 Å². The van der Waals surface area contributed by atoms with Gasteiger partial charge < -0.3 is 15.4 Å². The number of benzene rings is 2. The maximum atomic E-state index is 13.8. The van der Waals surface area contributed by atoms with E-state index in [1.165, 1.54) is 22.9 Å². The first-order valence-electron chi connectivity index (χ1n) is 9.09. The van der Waals surface area contributed by atoms with Gasteiger partial charge in [-0.15, -0.1) is 0 Å². The van der Waals surface area contributed by atoms with Crippen molar-refractivity contribution in [3.8, 4) is 11.1 Å². The van der Waals surface area contributed by atoms with Crippen LogP contribution >= 0.6 is 0 Å². The molecular weight excluding hydrogens is 375 g/mol. The minimum atomic E-state index is -0.829. The molecule has 7 nitrogen and oxygen atoms in total. The number of hydrogen-bond acceptors (Lipinski definition) is 4. The summed E-state index contributed by atoms with van der Waals surface area (Å²) in [5.41, 5.74) is 2.38. The van der Waals surface area contributed by atoms with Crippen LogP contribution in [0.15, 0.2) is 54.6 Å². The number of amides is 2. The highest BCUT2D eigenvalue weighted by Crippen LogP contribution is 2.38. The van der Waals surface area contributed by atoms with Crippen LogP contribution in [0, 0.1) is 5.82 Å². The number of para-hydroxylation sites is 1. The molecule has 0 radical (unpaired) electrons. The van der Waals surface area contributed by atoms with Gasteiger partial charge in [0.2, 0.25) is 5.91 Å². The maximum absolute atomic E-state index is 13.8. The number of nitrogens with one attached hydrogen (secondary N) is 2. The molecule has 0 aliphatic carbocycles. The van der Waals surface area contributed by atoms with Gasteiger partial charge in [0.25, 0.3) is 5.91 Å². The Hall–Kier alpha value is -3.52. The third kappa shape index (κ3) is 3.62. The zero-order valence-electron chi connectivity index (χ0n) is 15.7. The molecule has 0 fully saturated rings. The third-order valence-corrected chi connectivity index (χ3v) is 4.69. The summed E-state index contributed by atoms with van der Waals surface area (Å²) >= 11 is 0. The highest BCUT2D eigenvalue weighted by atomic mass is 19.1. The van der Waals surface area contributed by atoms with Crippen LogP contribution < -0.4 is 10.6 Å². The van der Waals surface area contributed by atoms with E-state index in [4.69, 9.17) is 4.74 Å². The number of carbonyl (C=O) groups excluding carboxylic acids is 2. The molecule has 0 saturated carbocycles. The molecule has 2 heterocycles. The van der Waals surface area contributed by atoms with E-state index in [0.717, 1.165) is 11.1 Å². The standard InChI is InChI=1S/C21H19FN4O3/c1-29-12-16-19(13-7-3-2-4-8-13)20-24-21(28)17(26(20)25-16)11-18(27)23-15-10-6-5-9-14(15)22/h2-10,17H,11-12H2,1H3,(H,23,27)(H,24,28). The van der Waals surface area contributed by atoms with E-state index in [-0.39, 0.29) is 24.6 Å². The normalized spacial score (nSPS) is 15.1. The summed E-state index contributed by atoms with van der Waals surface area (Å²) in [6.45, 7) is 0.258. The van der Waals surface area contributed by atoms with Crippen LogP contribution in [-0.4, -0.2) is 28.7 Å². The van der Waals surface area contributed by atoms with Crippen molar-refractivity contribution in [2.75, 3.05) is 17.7 Å². The van der Waals surface area contributed by atoms with Crippen LogP contribution in [0.1, 0.15) is 18.2 Å². The summed E-state index contributed by atoms with van der Waals surface area (Å²) in [4.78, 5) is 25.0. The van der Waals surface area contributed by atoms with Crippen molar-refractivity contribution in [1.82, 2.24) is 9.78 Å². The quantitative estimate of drug-likeness (QED) is 0.671. The lowest BCUT2D eigenvalue weighted by molar-refractivity contribution is -0.123. The Morgan fingerprint density at radius 3 is 2.66 bits per heavy atom. The Bertz CT molecular complexity index is 1070. The SMILES string of the molecule is COCc1nn2c(c1-c1ccccc1)NC(=O)C2CC(=O)Nc1ccccc1F. The first-order chi connectivity index (χ1) is 14.1. The van der Waals surface area contributed by atoms with E-state index in [1.807, 2.05) is 30.3 Å². The van der Waals surface area contributed by atoms with Gasteiger partial charge in [0.05, 0.1) is 24.4 Å². The zero-order chi connectivity index (χ0) is 20.4. The second kappa shape index (κ2) is 7.84. The Morgan fingerprint density at radius 2 is 1.93 bits per heavy atom. The van der Waals surface area contributed by atoms with E-state index in [9.17, 15) is 14.0 Å². The molecule has 2 N–H and O–H groups in total. The molecule has 3 aromatic rings. The molecule has 0 spiro atoms. The van der Waals surface area contributed by atoms with E-state index in [1.54, 1.807) is 13.2 Å². The van der Waals surface area contributed by atoms with Crippen LogP contribution in [0.5, 0.6) is 0 Å². The van der Waals surface area contributed by atoms with Crippen LogP contribution in [0.3, 0.4) is 0 Å². The van der Waals surface area contributed by atoms with Gasteiger partial charge in [-0.3, -0.25) is 9.59 Å². The van der Waals surface area contributed by atoms with Crippen molar-refractivity contribution >= 4 is 23.3 Å². The van der Waals surface area contributed by atoms with Crippen molar-refractivity contribution in [2.24, 2.45) is 0 Å². The number of anilines is 2. The Kier molecular flexibility index (Phi) is 5.09. The molecular formula is C21H19FN4O3. The summed E-state index contributed by atoms with van der Waals surface area (Å²) in [7, 11) is 1.57. The van der Waals surface area contributed by atoms with Gasteiger partial charge in [-0.1, -0.05) is 42.5 Å². The summed E-state index contributed by atoms with van der Waals surface area (Å²) in [6.07, 6.45) is -0.171. The average molecular weight is 394 g/mol. The van der Waals surface area contributed by atoms with E-state index < -0.39 is 17.8 Å². The molecule has 0 saturated heterocycles. The second-order valence-electron chi connectivity index (χ2n) is 6.65. The number of ether oxygens (including phenoxy) is 1. The smallest absolute Gasteiger partial charge is 0.251 e. The molecule has 0 bridgehead atoms. The van der Waals surface area contributed by atoms with Crippen LogP contribution in [0.2, 0.25) is 0 Å². The average Bonchev–Trinajstić information content (AvgIpc) is 3.20. The zero-order valence-corrected chi connectivity index (χ0v) is 15.7. The molecule has 1 unspecified atom stereocenters. The van der Waals surface area contributed by atoms with Gasteiger partial charge >= 0.3 is 0 Å². The summed E-state index contributed by atoms with van der Waals surface area (Å²) < 4.78 is 20.5. The van der Waals surface area contributed by atoms with E-state index >= 15 is 0 Å². The monoisotopic (exact) mass is 394 g/mol. The van der Waals surface area contributed by atoms with Crippen LogP contribution in [0.4, 0.5) is 15.9 Å². The van der Waals surface area contributed by atoms with Gasteiger partial charge in [0, 0.05) is 12.7 Å². The molecule has 4 rings (SSSR count). The van der Waals surface area contributed by atoms with Gasteiger partial charge in [0.1, 0.15) is 17.7 Å². The predicted molar refractivity (Wildman–Crippen MR) is 106 cm³/mol. The molecule has 148 valence electrons. The van der Waals surface area contributed by atoms with Gasteiger partial charge in [-0.25, -0.2) is 9.07 Å². The first kappa shape index (κ1) is 18.8. The highest BCUT2D eigenvalue weighted by molar-refractivity contribution is 6.04. The highest BCUT2D eigenvalue weighted by Gasteiger charge is 2.37. The summed E-state index contributed by atoms with van der Waals surface area (Å²) in [5, 5.41) is 9.85. The lowest BCUT2D eigenvalue weighted by atomic mass is 10.1. The lowest BCUT2D eigenvalue weighted by Gasteiger charge is -2.10. The second-order valence-corrected chi connectivity index (χ2v) is 6.65. The minimum absolute atomic E-state index is 0.0710. The fourth-order valence-electron chi connectivity index (χ4n) is 3.40. The van der Waals surface area contributed by atoms with Crippen molar-refractivity contribution in [2.45, 2.75) is 19.1 Å². The Balaban J connectivity index is 1.63. The molecule has 1 aliphatic heterocycles. The van der Waals surface area contributed by atoms with E-state index in [2.05, 4.69) is 15.7 Å². The number of hydrogen-bond donors (Lipinski definition) is 2. The molecule has 1 aromatic heterocycles. The van der Waals surface area contributed by atoms with Gasteiger partial charge in [-0.05, 0) is 17.7 Å².